The number of aromatic nitrogens is 2. The summed E-state index contributed by atoms with van der Waals surface area (Å²) in [6, 6.07) is 0.745. The minimum atomic E-state index is -4.58. The minimum absolute atomic E-state index is 0.0479. The van der Waals surface area contributed by atoms with Crippen LogP contribution in [0.1, 0.15) is 5.69 Å². The highest BCUT2D eigenvalue weighted by Gasteiger charge is 2.39. The molecule has 2 heterocycles. The fraction of sp³-hybridized carbons (Fsp3) is 0.636. The van der Waals surface area contributed by atoms with Crippen LogP contribution in [0.5, 0.6) is 0 Å². The molecule has 1 aromatic rings. The molecular formula is C11H13F3N2O4S. The molecule has 4 atom stereocenters. The van der Waals surface area contributed by atoms with Crippen molar-refractivity contribution in [2.75, 3.05) is 13.2 Å². The van der Waals surface area contributed by atoms with E-state index in [1.54, 1.807) is 0 Å². The number of hydrogen-bond acceptors (Lipinski definition) is 7. The summed E-state index contributed by atoms with van der Waals surface area (Å²) in [5, 5.41) is 27.6. The molecule has 1 fully saturated rings. The Hall–Kier alpha value is -0.940. The number of halogens is 3. The first kappa shape index (κ1) is 16.4. The maximum atomic E-state index is 12.5. The second-order valence-electron chi connectivity index (χ2n) is 4.41. The van der Waals surface area contributed by atoms with E-state index in [1.807, 2.05) is 0 Å². The molecule has 2 rings (SSSR count). The largest absolute Gasteiger partial charge is 0.433 e. The predicted molar refractivity (Wildman–Crippen MR) is 65.5 cm³/mol. The van der Waals surface area contributed by atoms with Crippen LogP contribution in [0, 0.1) is 0 Å². The van der Waals surface area contributed by atoms with Crippen molar-refractivity contribution >= 4 is 11.8 Å². The SMILES string of the molecule is OC[C@H]1OC[C@H](Sc2nccc(C(F)(F)F)n2)[C@@H](O)[C@H]1O. The molecule has 1 aliphatic rings. The smallest absolute Gasteiger partial charge is 0.394 e. The lowest BCUT2D eigenvalue weighted by Gasteiger charge is -2.36. The quantitative estimate of drug-likeness (QED) is 0.677. The first-order chi connectivity index (χ1) is 9.82. The van der Waals surface area contributed by atoms with E-state index < -0.39 is 42.0 Å². The van der Waals surface area contributed by atoms with Gasteiger partial charge in [-0.1, -0.05) is 11.8 Å². The summed E-state index contributed by atoms with van der Waals surface area (Å²) in [6.45, 7) is -0.511. The van der Waals surface area contributed by atoms with Crippen molar-refractivity contribution in [1.29, 1.82) is 0 Å². The summed E-state index contributed by atoms with van der Waals surface area (Å²) < 4.78 is 42.8. The Kier molecular flexibility index (Phi) is 5.04. The normalized spacial score (nSPS) is 30.4. The molecule has 6 nitrogen and oxygen atoms in total. The predicted octanol–water partition coefficient (Wildman–Crippen LogP) is 0.0690. The van der Waals surface area contributed by atoms with E-state index in [2.05, 4.69) is 9.97 Å². The highest BCUT2D eigenvalue weighted by molar-refractivity contribution is 7.99. The molecule has 0 aromatic carbocycles. The van der Waals surface area contributed by atoms with E-state index in [-0.39, 0.29) is 11.8 Å². The zero-order chi connectivity index (χ0) is 15.6. The molecule has 0 unspecified atom stereocenters. The van der Waals surface area contributed by atoms with Crippen LogP contribution in [-0.2, 0) is 10.9 Å². The molecule has 0 bridgehead atoms. The van der Waals surface area contributed by atoms with Gasteiger partial charge in [0.15, 0.2) is 5.16 Å². The summed E-state index contributed by atoms with van der Waals surface area (Å²) in [5.74, 6) is 0. The average molecular weight is 326 g/mol. The lowest BCUT2D eigenvalue weighted by Crippen LogP contribution is -2.52. The summed E-state index contributed by atoms with van der Waals surface area (Å²) in [6.07, 6.45) is -7.12. The number of aliphatic hydroxyl groups excluding tert-OH is 3. The summed E-state index contributed by atoms with van der Waals surface area (Å²) in [7, 11) is 0. The van der Waals surface area contributed by atoms with Gasteiger partial charge in [-0.15, -0.1) is 0 Å². The highest BCUT2D eigenvalue weighted by Crippen LogP contribution is 2.32. The van der Waals surface area contributed by atoms with E-state index in [0.717, 1.165) is 24.0 Å². The highest BCUT2D eigenvalue weighted by atomic mass is 32.2. The van der Waals surface area contributed by atoms with Gasteiger partial charge in [-0.2, -0.15) is 13.2 Å². The molecule has 10 heteroatoms. The van der Waals surface area contributed by atoms with Crippen molar-refractivity contribution in [3.05, 3.63) is 18.0 Å². The van der Waals surface area contributed by atoms with Crippen LogP contribution in [0.3, 0.4) is 0 Å². The first-order valence-corrected chi connectivity index (χ1v) is 6.86. The number of hydrogen-bond donors (Lipinski definition) is 3. The van der Waals surface area contributed by atoms with Crippen molar-refractivity contribution < 1.29 is 33.2 Å². The lowest BCUT2D eigenvalue weighted by atomic mass is 10.0. The van der Waals surface area contributed by atoms with E-state index >= 15 is 0 Å². The Morgan fingerprint density at radius 3 is 2.67 bits per heavy atom. The Labute approximate surface area is 122 Å². The molecule has 1 aliphatic heterocycles. The molecule has 0 spiro atoms. The summed E-state index contributed by atoms with van der Waals surface area (Å²) in [4.78, 5) is 7.07. The monoisotopic (exact) mass is 326 g/mol. The van der Waals surface area contributed by atoms with E-state index in [9.17, 15) is 23.4 Å². The van der Waals surface area contributed by atoms with Crippen molar-refractivity contribution in [2.45, 2.75) is 34.9 Å². The second-order valence-corrected chi connectivity index (χ2v) is 5.62. The Morgan fingerprint density at radius 1 is 1.33 bits per heavy atom. The fourth-order valence-electron chi connectivity index (χ4n) is 1.81. The van der Waals surface area contributed by atoms with Crippen LogP contribution in [0.2, 0.25) is 0 Å². The fourth-order valence-corrected chi connectivity index (χ4v) is 2.80. The number of rotatable bonds is 3. The third kappa shape index (κ3) is 3.83. The number of alkyl halides is 3. The van der Waals surface area contributed by atoms with Gasteiger partial charge in [0.2, 0.25) is 0 Å². The second kappa shape index (κ2) is 6.44. The van der Waals surface area contributed by atoms with Crippen molar-refractivity contribution in [2.24, 2.45) is 0 Å². The summed E-state index contributed by atoms with van der Waals surface area (Å²) >= 11 is 0.780. The Balaban J connectivity index is 2.08. The third-order valence-corrected chi connectivity index (χ3v) is 4.07. The van der Waals surface area contributed by atoms with Crippen LogP contribution in [0.25, 0.3) is 0 Å². The molecule has 118 valence electrons. The Morgan fingerprint density at radius 2 is 2.05 bits per heavy atom. The van der Waals surface area contributed by atoms with Crippen molar-refractivity contribution in [3.8, 4) is 0 Å². The van der Waals surface area contributed by atoms with Crippen LogP contribution in [0.15, 0.2) is 17.4 Å². The van der Waals surface area contributed by atoms with Gasteiger partial charge in [-0.05, 0) is 6.07 Å². The molecule has 0 saturated carbocycles. The van der Waals surface area contributed by atoms with Crippen molar-refractivity contribution in [1.82, 2.24) is 9.97 Å². The molecule has 0 aliphatic carbocycles. The van der Waals surface area contributed by atoms with E-state index in [1.165, 1.54) is 0 Å². The Bertz CT molecular complexity index is 491. The van der Waals surface area contributed by atoms with Gasteiger partial charge in [0, 0.05) is 6.20 Å². The maximum absolute atomic E-state index is 12.5. The topological polar surface area (TPSA) is 95.7 Å². The number of aliphatic hydroxyl groups is 3. The molecule has 21 heavy (non-hydrogen) atoms. The number of nitrogens with zero attached hydrogens (tertiary/aromatic N) is 2. The van der Waals surface area contributed by atoms with Crippen molar-refractivity contribution in [3.63, 3.8) is 0 Å². The zero-order valence-corrected chi connectivity index (χ0v) is 11.4. The standard InChI is InChI=1S/C11H13F3N2O4S/c12-11(13,14)7-1-2-15-10(16-7)21-6-4-20-5(3-17)8(18)9(6)19/h1-2,5-6,8-9,17-19H,3-4H2/t5-,6+,8+,9-/m1/s1. The molecule has 1 saturated heterocycles. The number of ether oxygens (including phenoxy) is 1. The van der Waals surface area contributed by atoms with Gasteiger partial charge in [0.1, 0.15) is 17.9 Å². The molecule has 1 aromatic heterocycles. The molecule has 0 amide bonds. The van der Waals surface area contributed by atoms with Crippen LogP contribution in [0.4, 0.5) is 13.2 Å². The van der Waals surface area contributed by atoms with Crippen LogP contribution < -0.4 is 0 Å². The van der Waals surface area contributed by atoms with E-state index in [4.69, 9.17) is 9.84 Å². The van der Waals surface area contributed by atoms with Gasteiger partial charge in [-0.25, -0.2) is 9.97 Å². The van der Waals surface area contributed by atoms with Gasteiger partial charge in [0.05, 0.1) is 24.6 Å². The lowest BCUT2D eigenvalue weighted by molar-refractivity contribution is -0.144. The third-order valence-electron chi connectivity index (χ3n) is 2.95. The summed E-state index contributed by atoms with van der Waals surface area (Å²) in [5.41, 5.74) is -1.08. The minimum Gasteiger partial charge on any atom is -0.394 e. The molecule has 0 radical (unpaired) electrons. The molecule has 3 N–H and O–H groups in total. The first-order valence-electron chi connectivity index (χ1n) is 5.98. The molecular weight excluding hydrogens is 313 g/mol. The van der Waals surface area contributed by atoms with Crippen LogP contribution in [-0.4, -0.2) is 62.1 Å². The van der Waals surface area contributed by atoms with Gasteiger partial charge < -0.3 is 20.1 Å². The van der Waals surface area contributed by atoms with Gasteiger partial charge in [-0.3, -0.25) is 0 Å². The average Bonchev–Trinajstić information content (AvgIpc) is 2.44. The van der Waals surface area contributed by atoms with E-state index in [0.29, 0.717) is 0 Å². The zero-order valence-electron chi connectivity index (χ0n) is 10.6. The number of thioether (sulfide) groups is 1. The van der Waals surface area contributed by atoms with Gasteiger partial charge in [0.25, 0.3) is 0 Å². The van der Waals surface area contributed by atoms with Gasteiger partial charge >= 0.3 is 6.18 Å². The maximum Gasteiger partial charge on any atom is 0.433 e. The van der Waals surface area contributed by atoms with Crippen LogP contribution >= 0.6 is 11.8 Å².